The number of nitrogens with one attached hydrogen (secondary N) is 1. The van der Waals surface area contributed by atoms with Crippen LogP contribution in [-0.2, 0) is 11.3 Å². The average molecular weight is 421 g/mol. The standard InChI is InChI=1S/C23H24FN5O2/c1-27-11-12-29(21(15-27)17-5-3-2-4-6-17)22(30)16-28-14-20(13-25-28)26-23(31)18-7-9-19(24)10-8-18/h2-10,13-14,21H,11-12,15-16H2,1H3,(H,26,31). The van der Waals surface area contributed by atoms with Crippen LogP contribution < -0.4 is 5.32 Å². The van der Waals surface area contributed by atoms with Crippen molar-refractivity contribution in [3.05, 3.63) is 83.9 Å². The zero-order valence-corrected chi connectivity index (χ0v) is 17.2. The zero-order chi connectivity index (χ0) is 21.8. The molecule has 7 nitrogen and oxygen atoms in total. The molecule has 8 heteroatoms. The Morgan fingerprint density at radius 2 is 1.84 bits per heavy atom. The summed E-state index contributed by atoms with van der Waals surface area (Å²) >= 11 is 0. The molecule has 1 fully saturated rings. The van der Waals surface area contributed by atoms with E-state index in [-0.39, 0.29) is 24.4 Å². The molecule has 31 heavy (non-hydrogen) atoms. The first-order valence-electron chi connectivity index (χ1n) is 10.1. The Labute approximate surface area is 180 Å². The van der Waals surface area contributed by atoms with E-state index < -0.39 is 5.82 Å². The fourth-order valence-corrected chi connectivity index (χ4v) is 3.73. The van der Waals surface area contributed by atoms with Crippen molar-refractivity contribution < 1.29 is 14.0 Å². The van der Waals surface area contributed by atoms with Crippen LogP contribution in [0.15, 0.2) is 67.0 Å². The lowest BCUT2D eigenvalue weighted by Gasteiger charge is -2.40. The molecular weight excluding hydrogens is 397 g/mol. The van der Waals surface area contributed by atoms with Crippen molar-refractivity contribution >= 4 is 17.5 Å². The third-order valence-electron chi connectivity index (χ3n) is 5.38. The van der Waals surface area contributed by atoms with Crippen LogP contribution in [0.5, 0.6) is 0 Å². The Morgan fingerprint density at radius 1 is 1.10 bits per heavy atom. The van der Waals surface area contributed by atoms with E-state index in [4.69, 9.17) is 0 Å². The number of carbonyl (C=O) groups excluding carboxylic acids is 2. The largest absolute Gasteiger partial charge is 0.331 e. The Kier molecular flexibility index (Phi) is 6.08. The van der Waals surface area contributed by atoms with Crippen LogP contribution in [0, 0.1) is 5.82 Å². The molecule has 4 rings (SSSR count). The molecule has 1 aromatic heterocycles. The van der Waals surface area contributed by atoms with Gasteiger partial charge in [0, 0.05) is 31.4 Å². The quantitative estimate of drug-likeness (QED) is 0.688. The molecule has 1 aliphatic rings. The normalized spacial score (nSPS) is 16.8. The van der Waals surface area contributed by atoms with Crippen molar-refractivity contribution in [2.45, 2.75) is 12.6 Å². The number of rotatable bonds is 5. The SMILES string of the molecule is CN1CCN(C(=O)Cn2cc(NC(=O)c3ccc(F)cc3)cn2)C(c2ccccc2)C1. The fraction of sp³-hybridized carbons (Fsp3) is 0.261. The van der Waals surface area contributed by atoms with Crippen LogP contribution in [0.1, 0.15) is 22.0 Å². The summed E-state index contributed by atoms with van der Waals surface area (Å²) in [5.74, 6) is -0.795. The van der Waals surface area contributed by atoms with Crippen LogP contribution in [0.25, 0.3) is 0 Å². The summed E-state index contributed by atoms with van der Waals surface area (Å²) in [5.41, 5.74) is 1.92. The lowest BCUT2D eigenvalue weighted by Crippen LogP contribution is -2.50. The van der Waals surface area contributed by atoms with Gasteiger partial charge in [-0.05, 0) is 36.9 Å². The summed E-state index contributed by atoms with van der Waals surface area (Å²) in [7, 11) is 2.06. The van der Waals surface area contributed by atoms with Gasteiger partial charge in [0.05, 0.1) is 17.9 Å². The molecular formula is C23H24FN5O2. The van der Waals surface area contributed by atoms with E-state index in [1.54, 1.807) is 6.20 Å². The van der Waals surface area contributed by atoms with Crippen molar-refractivity contribution in [3.63, 3.8) is 0 Å². The van der Waals surface area contributed by atoms with Gasteiger partial charge in [-0.15, -0.1) is 0 Å². The zero-order valence-electron chi connectivity index (χ0n) is 17.2. The van der Waals surface area contributed by atoms with Crippen LogP contribution in [0.3, 0.4) is 0 Å². The number of likely N-dealkylation sites (N-methyl/N-ethyl adjacent to an activating group) is 1. The maximum atomic E-state index is 13.1. The second-order valence-electron chi connectivity index (χ2n) is 7.66. The molecule has 2 heterocycles. The maximum Gasteiger partial charge on any atom is 0.255 e. The minimum atomic E-state index is -0.402. The molecule has 1 atom stereocenters. The summed E-state index contributed by atoms with van der Waals surface area (Å²) in [6.07, 6.45) is 3.11. The maximum absolute atomic E-state index is 13.1. The van der Waals surface area contributed by atoms with Crippen LogP contribution in [0.2, 0.25) is 0 Å². The third kappa shape index (κ3) is 4.97. The molecule has 1 N–H and O–H groups in total. The van der Waals surface area contributed by atoms with E-state index >= 15 is 0 Å². The number of hydrogen-bond acceptors (Lipinski definition) is 4. The van der Waals surface area contributed by atoms with Crippen molar-refractivity contribution in [1.82, 2.24) is 19.6 Å². The minimum absolute atomic E-state index is 0.0133. The van der Waals surface area contributed by atoms with E-state index in [1.807, 2.05) is 35.2 Å². The van der Waals surface area contributed by atoms with E-state index in [2.05, 4.69) is 22.4 Å². The van der Waals surface area contributed by atoms with Gasteiger partial charge in [0.2, 0.25) is 5.91 Å². The molecule has 1 saturated heterocycles. The first-order valence-corrected chi connectivity index (χ1v) is 10.1. The fourth-order valence-electron chi connectivity index (χ4n) is 3.73. The van der Waals surface area contributed by atoms with Crippen LogP contribution in [-0.4, -0.2) is 58.1 Å². The van der Waals surface area contributed by atoms with Gasteiger partial charge in [0.15, 0.2) is 0 Å². The van der Waals surface area contributed by atoms with Gasteiger partial charge in [0.1, 0.15) is 12.4 Å². The number of anilines is 1. The van der Waals surface area contributed by atoms with E-state index in [0.717, 1.165) is 18.7 Å². The molecule has 160 valence electrons. The lowest BCUT2D eigenvalue weighted by molar-refractivity contribution is -0.137. The van der Waals surface area contributed by atoms with Gasteiger partial charge in [-0.2, -0.15) is 5.10 Å². The number of amides is 2. The van der Waals surface area contributed by atoms with Gasteiger partial charge in [-0.1, -0.05) is 30.3 Å². The van der Waals surface area contributed by atoms with Gasteiger partial charge >= 0.3 is 0 Å². The molecule has 0 bridgehead atoms. The molecule has 0 radical (unpaired) electrons. The van der Waals surface area contributed by atoms with E-state index in [9.17, 15) is 14.0 Å². The molecule has 0 aliphatic carbocycles. The third-order valence-corrected chi connectivity index (χ3v) is 5.38. The molecule has 2 amide bonds. The van der Waals surface area contributed by atoms with Gasteiger partial charge in [-0.3, -0.25) is 14.3 Å². The van der Waals surface area contributed by atoms with Crippen molar-refractivity contribution in [3.8, 4) is 0 Å². The topological polar surface area (TPSA) is 70.5 Å². The highest BCUT2D eigenvalue weighted by Gasteiger charge is 2.30. The second kappa shape index (κ2) is 9.09. The van der Waals surface area contributed by atoms with Crippen molar-refractivity contribution in [1.29, 1.82) is 0 Å². The highest BCUT2D eigenvalue weighted by Crippen LogP contribution is 2.25. The first kappa shape index (κ1) is 20.7. The Morgan fingerprint density at radius 3 is 2.58 bits per heavy atom. The van der Waals surface area contributed by atoms with Gasteiger partial charge in [-0.25, -0.2) is 4.39 Å². The summed E-state index contributed by atoms with van der Waals surface area (Å²) in [6, 6.07) is 15.3. The molecule has 2 aromatic carbocycles. The van der Waals surface area contributed by atoms with Crippen LogP contribution in [0.4, 0.5) is 10.1 Å². The number of aromatic nitrogens is 2. The summed E-state index contributed by atoms with van der Waals surface area (Å²) < 4.78 is 14.5. The Balaban J connectivity index is 1.42. The summed E-state index contributed by atoms with van der Waals surface area (Å²) in [6.45, 7) is 2.31. The summed E-state index contributed by atoms with van der Waals surface area (Å²) in [4.78, 5) is 29.5. The molecule has 1 unspecified atom stereocenters. The average Bonchev–Trinajstić information content (AvgIpc) is 3.21. The highest BCUT2D eigenvalue weighted by atomic mass is 19.1. The molecule has 3 aromatic rings. The predicted octanol–water partition coefficient (Wildman–Crippen LogP) is 2.79. The minimum Gasteiger partial charge on any atom is -0.331 e. The van der Waals surface area contributed by atoms with Crippen molar-refractivity contribution in [2.24, 2.45) is 0 Å². The number of hydrogen-bond donors (Lipinski definition) is 1. The smallest absolute Gasteiger partial charge is 0.255 e. The second-order valence-corrected chi connectivity index (χ2v) is 7.66. The number of piperazine rings is 1. The number of halogens is 1. The number of carbonyl (C=O) groups is 2. The van der Waals surface area contributed by atoms with E-state index in [1.165, 1.54) is 35.1 Å². The van der Waals surface area contributed by atoms with Crippen molar-refractivity contribution in [2.75, 3.05) is 32.0 Å². The Bertz CT molecular complexity index is 1050. The monoisotopic (exact) mass is 421 g/mol. The predicted molar refractivity (Wildman–Crippen MR) is 115 cm³/mol. The molecule has 1 aliphatic heterocycles. The molecule has 0 saturated carbocycles. The number of nitrogens with zero attached hydrogens (tertiary/aromatic N) is 4. The summed E-state index contributed by atoms with van der Waals surface area (Å²) in [5, 5.41) is 6.92. The Hall–Kier alpha value is -3.52. The van der Waals surface area contributed by atoms with Gasteiger partial charge in [0.25, 0.3) is 5.91 Å². The lowest BCUT2D eigenvalue weighted by atomic mass is 10.0. The van der Waals surface area contributed by atoms with Gasteiger partial charge < -0.3 is 15.1 Å². The molecule has 0 spiro atoms. The highest BCUT2D eigenvalue weighted by molar-refractivity contribution is 6.04. The van der Waals surface area contributed by atoms with E-state index in [0.29, 0.717) is 17.8 Å². The van der Waals surface area contributed by atoms with Crippen LogP contribution >= 0.6 is 0 Å². The first-order chi connectivity index (χ1) is 15.0. The number of benzene rings is 2.